The molecule has 0 N–H and O–H groups in total. The second kappa shape index (κ2) is 4.91. The molecule has 0 aliphatic heterocycles. The third kappa shape index (κ3) is 2.64. The zero-order chi connectivity index (χ0) is 11.3. The van der Waals surface area contributed by atoms with Crippen LogP contribution in [0.3, 0.4) is 0 Å². The van der Waals surface area contributed by atoms with Crippen LogP contribution in [0.5, 0.6) is 0 Å². The van der Waals surface area contributed by atoms with Crippen molar-refractivity contribution in [1.29, 1.82) is 0 Å². The molecule has 0 fully saturated rings. The number of benzene rings is 1. The fraction of sp³-hybridized carbons (Fsp3) is 0.0909. The maximum atomic E-state index is 13.1. The van der Waals surface area contributed by atoms with Crippen LogP contribution in [0.15, 0.2) is 18.2 Å². The summed E-state index contributed by atoms with van der Waals surface area (Å²) in [5.41, 5.74) is 0.180. The summed E-state index contributed by atoms with van der Waals surface area (Å²) in [6.07, 6.45) is 0.351. The number of halogens is 1. The van der Waals surface area contributed by atoms with E-state index >= 15 is 0 Å². The summed E-state index contributed by atoms with van der Waals surface area (Å²) >= 11 is 0. The lowest BCUT2D eigenvalue weighted by Gasteiger charge is -2.00. The average molecular weight is 206 g/mol. The van der Waals surface area contributed by atoms with Crippen molar-refractivity contribution in [2.45, 2.75) is 0 Å². The van der Waals surface area contributed by atoms with E-state index < -0.39 is 11.8 Å². The number of ether oxygens (including phenoxy) is 1. The molecular formula is C11H7FO3. The summed E-state index contributed by atoms with van der Waals surface area (Å²) in [7, 11) is 1.22. The fourth-order valence-electron chi connectivity index (χ4n) is 0.973. The Morgan fingerprint density at radius 2 is 2.27 bits per heavy atom. The number of hydrogen-bond donors (Lipinski definition) is 0. The normalized spacial score (nSPS) is 8.67. The lowest BCUT2D eigenvalue weighted by molar-refractivity contribution is -0.103. The summed E-state index contributed by atoms with van der Waals surface area (Å²) in [6, 6.07) is 3.62. The Morgan fingerprint density at radius 3 is 2.87 bits per heavy atom. The summed E-state index contributed by atoms with van der Waals surface area (Å²) in [4.78, 5) is 21.1. The first-order valence-corrected chi connectivity index (χ1v) is 4.02. The van der Waals surface area contributed by atoms with Crippen molar-refractivity contribution in [3.05, 3.63) is 35.1 Å². The minimum absolute atomic E-state index is 0.00926. The Hall–Kier alpha value is -2.15. The summed E-state index contributed by atoms with van der Waals surface area (Å²) in [6.45, 7) is 0. The maximum absolute atomic E-state index is 13.1. The van der Waals surface area contributed by atoms with Crippen LogP contribution >= 0.6 is 0 Å². The van der Waals surface area contributed by atoms with Crippen LogP contribution in [0.2, 0.25) is 0 Å². The first-order chi connectivity index (χ1) is 7.19. The third-order valence-corrected chi connectivity index (χ3v) is 1.65. The largest absolute Gasteiger partial charge is 0.465 e. The molecule has 4 heteroatoms. The zero-order valence-electron chi connectivity index (χ0n) is 7.91. The summed E-state index contributed by atoms with van der Waals surface area (Å²) in [5, 5.41) is 0. The van der Waals surface area contributed by atoms with Gasteiger partial charge in [-0.25, -0.2) is 9.18 Å². The first-order valence-electron chi connectivity index (χ1n) is 4.02. The van der Waals surface area contributed by atoms with Gasteiger partial charge >= 0.3 is 5.97 Å². The predicted octanol–water partition coefficient (Wildman–Crippen LogP) is 1.16. The van der Waals surface area contributed by atoms with Gasteiger partial charge in [0.05, 0.1) is 18.2 Å². The molecule has 0 atom stereocenters. The van der Waals surface area contributed by atoms with Gasteiger partial charge in [-0.1, -0.05) is 5.92 Å². The van der Waals surface area contributed by atoms with Crippen molar-refractivity contribution in [2.24, 2.45) is 0 Å². The molecule has 0 heterocycles. The third-order valence-electron chi connectivity index (χ3n) is 1.65. The zero-order valence-corrected chi connectivity index (χ0v) is 7.91. The molecule has 0 aliphatic rings. The highest BCUT2D eigenvalue weighted by molar-refractivity contribution is 5.89. The lowest BCUT2D eigenvalue weighted by Crippen LogP contribution is -2.02. The van der Waals surface area contributed by atoms with Crippen molar-refractivity contribution in [3.8, 4) is 11.8 Å². The van der Waals surface area contributed by atoms with E-state index in [4.69, 9.17) is 0 Å². The van der Waals surface area contributed by atoms with E-state index in [-0.39, 0.29) is 11.1 Å². The maximum Gasteiger partial charge on any atom is 0.337 e. The smallest absolute Gasteiger partial charge is 0.337 e. The monoisotopic (exact) mass is 206 g/mol. The highest BCUT2D eigenvalue weighted by atomic mass is 19.1. The van der Waals surface area contributed by atoms with Gasteiger partial charge in [0.1, 0.15) is 5.82 Å². The standard InChI is InChI=1S/C11H7FO3/c1-15-11(14)9-4-5-10(12)8(7-9)3-2-6-13/h4-7H,1H3. The van der Waals surface area contributed by atoms with Crippen LogP contribution in [0.25, 0.3) is 0 Å². The molecule has 1 aromatic rings. The predicted molar refractivity (Wildman–Crippen MR) is 50.7 cm³/mol. The first kappa shape index (κ1) is 10.9. The Kier molecular flexibility index (Phi) is 3.58. The van der Waals surface area contributed by atoms with Gasteiger partial charge in [0, 0.05) is 0 Å². The molecule has 1 aromatic carbocycles. The van der Waals surface area contributed by atoms with Gasteiger partial charge in [0.2, 0.25) is 0 Å². The van der Waals surface area contributed by atoms with Crippen LogP contribution < -0.4 is 0 Å². The Labute approximate surface area is 85.9 Å². The van der Waals surface area contributed by atoms with Crippen LogP contribution in [0, 0.1) is 17.7 Å². The molecule has 0 unspecified atom stereocenters. The lowest BCUT2D eigenvalue weighted by atomic mass is 10.1. The van der Waals surface area contributed by atoms with Gasteiger partial charge in [-0.3, -0.25) is 4.79 Å². The number of rotatable bonds is 1. The average Bonchev–Trinajstić information content (AvgIpc) is 2.27. The van der Waals surface area contributed by atoms with Crippen LogP contribution in [0.4, 0.5) is 4.39 Å². The number of carbonyl (C=O) groups is 2. The van der Waals surface area contributed by atoms with Crippen LogP contribution in [-0.2, 0) is 9.53 Å². The van der Waals surface area contributed by atoms with Gasteiger partial charge < -0.3 is 4.74 Å². The van der Waals surface area contributed by atoms with Crippen LogP contribution in [-0.4, -0.2) is 19.4 Å². The van der Waals surface area contributed by atoms with E-state index in [1.165, 1.54) is 19.2 Å². The highest BCUT2D eigenvalue weighted by Crippen LogP contribution is 2.10. The number of esters is 1. The number of methoxy groups -OCH3 is 1. The van der Waals surface area contributed by atoms with Crippen molar-refractivity contribution in [2.75, 3.05) is 7.11 Å². The van der Waals surface area contributed by atoms with Gasteiger partial charge in [0.25, 0.3) is 0 Å². The Bertz CT molecular complexity index is 455. The van der Waals surface area contributed by atoms with E-state index in [0.29, 0.717) is 6.29 Å². The number of hydrogen-bond acceptors (Lipinski definition) is 3. The SMILES string of the molecule is COC(=O)c1ccc(F)c(C#CC=O)c1. The van der Waals surface area contributed by atoms with Gasteiger partial charge in [0.15, 0.2) is 6.29 Å². The molecule has 0 saturated carbocycles. The molecule has 15 heavy (non-hydrogen) atoms. The fourth-order valence-corrected chi connectivity index (χ4v) is 0.973. The van der Waals surface area contributed by atoms with E-state index in [0.717, 1.165) is 6.07 Å². The molecule has 0 amide bonds. The topological polar surface area (TPSA) is 43.4 Å². The van der Waals surface area contributed by atoms with Crippen molar-refractivity contribution >= 4 is 12.3 Å². The molecule has 0 radical (unpaired) electrons. The minimum atomic E-state index is -0.586. The van der Waals surface area contributed by atoms with E-state index in [2.05, 4.69) is 16.6 Å². The van der Waals surface area contributed by atoms with Gasteiger partial charge in [-0.15, -0.1) is 0 Å². The van der Waals surface area contributed by atoms with Crippen molar-refractivity contribution in [3.63, 3.8) is 0 Å². The molecule has 0 aromatic heterocycles. The highest BCUT2D eigenvalue weighted by Gasteiger charge is 2.08. The number of carbonyl (C=O) groups excluding carboxylic acids is 2. The summed E-state index contributed by atoms with van der Waals surface area (Å²) < 4.78 is 17.5. The molecule has 0 spiro atoms. The molecule has 76 valence electrons. The van der Waals surface area contributed by atoms with Crippen LogP contribution in [0.1, 0.15) is 15.9 Å². The van der Waals surface area contributed by atoms with Gasteiger partial charge in [-0.2, -0.15) is 0 Å². The second-order valence-electron chi connectivity index (χ2n) is 2.57. The molecule has 0 bridgehead atoms. The van der Waals surface area contributed by atoms with E-state index in [9.17, 15) is 14.0 Å². The second-order valence-corrected chi connectivity index (χ2v) is 2.57. The number of aldehydes is 1. The van der Waals surface area contributed by atoms with Crippen molar-refractivity contribution < 1.29 is 18.7 Å². The van der Waals surface area contributed by atoms with Crippen molar-refractivity contribution in [1.82, 2.24) is 0 Å². The Morgan fingerprint density at radius 1 is 1.53 bits per heavy atom. The molecule has 3 nitrogen and oxygen atoms in total. The molecule has 0 aliphatic carbocycles. The quantitative estimate of drug-likeness (QED) is 0.393. The molecule has 0 saturated heterocycles. The molecular weight excluding hydrogens is 199 g/mol. The Balaban J connectivity index is 3.16. The summed E-state index contributed by atoms with van der Waals surface area (Å²) in [5.74, 6) is 3.18. The minimum Gasteiger partial charge on any atom is -0.465 e. The molecule has 1 rings (SSSR count). The van der Waals surface area contributed by atoms with E-state index in [1.54, 1.807) is 0 Å². The van der Waals surface area contributed by atoms with E-state index in [1.807, 2.05) is 0 Å². The van der Waals surface area contributed by atoms with Gasteiger partial charge in [-0.05, 0) is 24.1 Å².